The van der Waals surface area contributed by atoms with Gasteiger partial charge in [-0.25, -0.2) is 9.37 Å². The SMILES string of the molecule is COc1ccc(Cl)c2sc(N(CC[NH+](C)C)C(=O)c3ccccc3F)nc12. The molecule has 8 heteroatoms. The number of hydrogen-bond acceptors (Lipinski definition) is 4. The van der Waals surface area contributed by atoms with Crippen LogP contribution in [0.25, 0.3) is 10.2 Å². The molecule has 0 saturated heterocycles. The molecule has 1 amide bonds. The molecular formula is C19H20ClFN3O2S+. The van der Waals surface area contributed by atoms with Crippen LogP contribution in [-0.2, 0) is 0 Å². The number of likely N-dealkylation sites (N-methyl/N-ethyl adjacent to an activating group) is 1. The third kappa shape index (κ3) is 4.05. The first-order chi connectivity index (χ1) is 12.9. The van der Waals surface area contributed by atoms with E-state index in [1.54, 1.807) is 31.4 Å². The zero-order valence-electron chi connectivity index (χ0n) is 15.3. The zero-order chi connectivity index (χ0) is 19.6. The van der Waals surface area contributed by atoms with Crippen LogP contribution in [0.4, 0.5) is 9.52 Å². The van der Waals surface area contributed by atoms with Crippen molar-refractivity contribution >= 4 is 44.2 Å². The second-order valence-corrected chi connectivity index (χ2v) is 7.70. The van der Waals surface area contributed by atoms with Gasteiger partial charge in [0.05, 0.1) is 49.6 Å². The predicted molar refractivity (Wildman–Crippen MR) is 107 cm³/mol. The van der Waals surface area contributed by atoms with Gasteiger partial charge in [-0.15, -0.1) is 0 Å². The fraction of sp³-hybridized carbons (Fsp3) is 0.263. The Labute approximate surface area is 165 Å². The molecule has 27 heavy (non-hydrogen) atoms. The number of aromatic nitrogens is 1. The van der Waals surface area contributed by atoms with Crippen LogP contribution in [0.15, 0.2) is 36.4 Å². The van der Waals surface area contributed by atoms with Gasteiger partial charge >= 0.3 is 0 Å². The highest BCUT2D eigenvalue weighted by atomic mass is 35.5. The van der Waals surface area contributed by atoms with E-state index in [-0.39, 0.29) is 5.56 Å². The lowest BCUT2D eigenvalue weighted by Gasteiger charge is -2.21. The third-order valence-corrected chi connectivity index (χ3v) is 5.62. The van der Waals surface area contributed by atoms with Crippen molar-refractivity contribution < 1.29 is 18.8 Å². The molecule has 2 aromatic carbocycles. The Kier molecular flexibility index (Phi) is 5.94. The van der Waals surface area contributed by atoms with E-state index in [2.05, 4.69) is 4.98 Å². The van der Waals surface area contributed by atoms with Crippen LogP contribution in [0, 0.1) is 5.82 Å². The maximum atomic E-state index is 14.2. The number of carbonyl (C=O) groups is 1. The second kappa shape index (κ2) is 8.21. The molecule has 5 nitrogen and oxygen atoms in total. The number of quaternary nitrogens is 1. The minimum Gasteiger partial charge on any atom is -0.494 e. The van der Waals surface area contributed by atoms with E-state index in [4.69, 9.17) is 16.3 Å². The fourth-order valence-corrected chi connectivity index (χ4v) is 3.90. The van der Waals surface area contributed by atoms with Gasteiger partial charge in [0.2, 0.25) is 0 Å². The minimum atomic E-state index is -0.554. The molecule has 3 aromatic rings. The van der Waals surface area contributed by atoms with Crippen molar-refractivity contribution in [3.63, 3.8) is 0 Å². The molecule has 0 bridgehead atoms. The van der Waals surface area contributed by atoms with Gasteiger partial charge in [-0.1, -0.05) is 35.1 Å². The number of thiazole rings is 1. The Hall–Kier alpha value is -2.22. The topological polar surface area (TPSA) is 46.9 Å². The Morgan fingerprint density at radius 3 is 2.70 bits per heavy atom. The summed E-state index contributed by atoms with van der Waals surface area (Å²) in [6.45, 7) is 1.08. The molecule has 1 N–H and O–H groups in total. The lowest BCUT2D eigenvalue weighted by molar-refractivity contribution is -0.856. The molecule has 0 unspecified atom stereocenters. The van der Waals surface area contributed by atoms with Crippen molar-refractivity contribution in [1.29, 1.82) is 0 Å². The van der Waals surface area contributed by atoms with E-state index in [0.29, 0.717) is 34.5 Å². The normalized spacial score (nSPS) is 11.2. The molecule has 0 aliphatic carbocycles. The third-order valence-electron chi connectivity index (χ3n) is 4.08. The molecule has 0 radical (unpaired) electrons. The molecule has 0 aliphatic heterocycles. The lowest BCUT2D eigenvalue weighted by atomic mass is 10.2. The molecular weight excluding hydrogens is 389 g/mol. The molecule has 0 saturated carbocycles. The Balaban J connectivity index is 2.08. The van der Waals surface area contributed by atoms with Crippen molar-refractivity contribution in [1.82, 2.24) is 4.98 Å². The number of nitrogens with one attached hydrogen (secondary N) is 1. The molecule has 3 rings (SSSR count). The van der Waals surface area contributed by atoms with Gasteiger partial charge in [0.1, 0.15) is 17.1 Å². The van der Waals surface area contributed by atoms with Crippen molar-refractivity contribution in [2.24, 2.45) is 0 Å². The van der Waals surface area contributed by atoms with Gasteiger partial charge in [-0.05, 0) is 24.3 Å². The molecule has 142 valence electrons. The first-order valence-corrected chi connectivity index (χ1v) is 9.60. The summed E-state index contributed by atoms with van der Waals surface area (Å²) in [4.78, 5) is 20.3. The van der Waals surface area contributed by atoms with E-state index in [9.17, 15) is 9.18 Å². The summed E-state index contributed by atoms with van der Waals surface area (Å²) in [5, 5.41) is 0.997. The van der Waals surface area contributed by atoms with Crippen LogP contribution < -0.4 is 14.5 Å². The second-order valence-electron chi connectivity index (χ2n) is 6.32. The monoisotopic (exact) mass is 408 g/mol. The van der Waals surface area contributed by atoms with Crippen molar-refractivity contribution in [2.45, 2.75) is 0 Å². The molecule has 0 aliphatic rings. The molecule has 0 fully saturated rings. The number of carbonyl (C=O) groups excluding carboxylic acids is 1. The highest BCUT2D eigenvalue weighted by molar-refractivity contribution is 7.23. The number of halogens is 2. The van der Waals surface area contributed by atoms with Crippen molar-refractivity contribution in [2.75, 3.05) is 39.2 Å². The summed E-state index contributed by atoms with van der Waals surface area (Å²) < 4.78 is 20.3. The highest BCUT2D eigenvalue weighted by Crippen LogP contribution is 2.39. The summed E-state index contributed by atoms with van der Waals surface area (Å²) in [5.74, 6) is -0.404. The first-order valence-electron chi connectivity index (χ1n) is 8.40. The van der Waals surface area contributed by atoms with Gasteiger partial charge < -0.3 is 9.64 Å². The number of benzene rings is 2. The molecule has 1 heterocycles. The maximum absolute atomic E-state index is 14.2. The van der Waals surface area contributed by atoms with Crippen LogP contribution >= 0.6 is 22.9 Å². The number of amides is 1. The fourth-order valence-electron chi connectivity index (χ4n) is 2.62. The van der Waals surface area contributed by atoms with Crippen LogP contribution in [0.3, 0.4) is 0 Å². The molecule has 0 spiro atoms. The van der Waals surface area contributed by atoms with Gasteiger partial charge in [0, 0.05) is 0 Å². The maximum Gasteiger partial charge on any atom is 0.263 e. The van der Waals surface area contributed by atoms with E-state index in [1.165, 1.54) is 28.4 Å². The standard InChI is InChI=1S/C19H19ClFN3O2S/c1-23(2)10-11-24(18(25)12-6-4-5-7-14(12)21)19-22-16-15(26-3)9-8-13(20)17(16)27-19/h4-9H,10-11H2,1-3H3/p+1. The molecule has 0 atom stereocenters. The average molecular weight is 409 g/mol. The quantitative estimate of drug-likeness (QED) is 0.682. The van der Waals surface area contributed by atoms with Gasteiger partial charge in [0.15, 0.2) is 5.13 Å². The lowest BCUT2D eigenvalue weighted by Crippen LogP contribution is -3.06. The van der Waals surface area contributed by atoms with Crippen LogP contribution in [-0.4, -0.2) is 45.2 Å². The van der Waals surface area contributed by atoms with Gasteiger partial charge in [-0.3, -0.25) is 9.69 Å². The number of anilines is 1. The van der Waals surface area contributed by atoms with Crippen molar-refractivity contribution in [3.8, 4) is 5.75 Å². The Bertz CT molecular complexity index is 977. The van der Waals surface area contributed by atoms with E-state index in [0.717, 1.165) is 9.60 Å². The van der Waals surface area contributed by atoms with E-state index < -0.39 is 11.7 Å². The number of ether oxygens (including phenoxy) is 1. The highest BCUT2D eigenvalue weighted by Gasteiger charge is 2.25. The van der Waals surface area contributed by atoms with Gasteiger partial charge in [0.25, 0.3) is 5.91 Å². The number of rotatable bonds is 6. The number of fused-ring (bicyclic) bond motifs is 1. The van der Waals surface area contributed by atoms with Crippen LogP contribution in [0.1, 0.15) is 10.4 Å². The zero-order valence-corrected chi connectivity index (χ0v) is 16.8. The predicted octanol–water partition coefficient (Wildman–Crippen LogP) is 2.89. The Morgan fingerprint density at radius 2 is 2.04 bits per heavy atom. The average Bonchev–Trinajstić information content (AvgIpc) is 3.08. The Morgan fingerprint density at radius 1 is 1.30 bits per heavy atom. The summed E-state index contributed by atoms with van der Waals surface area (Å²) in [7, 11) is 5.54. The number of hydrogen-bond donors (Lipinski definition) is 1. The van der Waals surface area contributed by atoms with Crippen molar-refractivity contribution in [3.05, 3.63) is 52.8 Å². The smallest absolute Gasteiger partial charge is 0.263 e. The minimum absolute atomic E-state index is 0.0172. The van der Waals surface area contributed by atoms with E-state index >= 15 is 0 Å². The summed E-state index contributed by atoms with van der Waals surface area (Å²) in [5.41, 5.74) is 0.608. The number of methoxy groups -OCH3 is 1. The van der Waals surface area contributed by atoms with E-state index in [1.807, 2.05) is 14.1 Å². The summed E-state index contributed by atoms with van der Waals surface area (Å²) in [6, 6.07) is 9.43. The first kappa shape index (κ1) is 19.5. The summed E-state index contributed by atoms with van der Waals surface area (Å²) >= 11 is 7.59. The van der Waals surface area contributed by atoms with Crippen LogP contribution in [0.5, 0.6) is 5.75 Å². The largest absolute Gasteiger partial charge is 0.494 e. The number of nitrogens with zero attached hydrogens (tertiary/aromatic N) is 2. The van der Waals surface area contributed by atoms with Gasteiger partial charge in [-0.2, -0.15) is 0 Å². The van der Waals surface area contributed by atoms with Crippen LogP contribution in [0.2, 0.25) is 5.02 Å². The summed E-state index contributed by atoms with van der Waals surface area (Å²) in [6.07, 6.45) is 0. The molecule has 1 aromatic heterocycles.